The molecule has 3 aliphatic rings. The van der Waals surface area contributed by atoms with E-state index in [1.165, 1.54) is 92.9 Å². The second-order valence-corrected chi connectivity index (χ2v) is 25.9. The fourth-order valence-electron chi connectivity index (χ4n) is 11.4. The summed E-state index contributed by atoms with van der Waals surface area (Å²) in [7, 11) is 0. The quantitative estimate of drug-likeness (QED) is 0.164. The highest BCUT2D eigenvalue weighted by Gasteiger charge is 2.47. The van der Waals surface area contributed by atoms with Gasteiger partial charge in [0.2, 0.25) is 0 Å². The van der Waals surface area contributed by atoms with Crippen LogP contribution in [0.4, 0.5) is 34.1 Å². The molecule has 0 N–H and O–H groups in total. The van der Waals surface area contributed by atoms with Gasteiger partial charge in [-0.1, -0.05) is 164 Å². The van der Waals surface area contributed by atoms with Crippen LogP contribution in [0, 0.1) is 6.92 Å². The SMILES string of the molecule is Cc1cc2c3c(c1)N(c1cc(N(c4ccc(C(C)(C)C)cc4)c4ccc(C(C)(C)C)cc4)cc4c1C(C)(C)c1ccccc1-4)c1ccc(C(C)(C)C)cc1B3c1sc3ccc(C(C)(C)C)cc3c1O2. The van der Waals surface area contributed by atoms with E-state index in [1.54, 1.807) is 0 Å². The van der Waals surface area contributed by atoms with Crippen molar-refractivity contribution in [1.82, 2.24) is 0 Å². The largest absolute Gasteiger partial charge is 0.457 e. The lowest BCUT2D eigenvalue weighted by Crippen LogP contribution is -2.59. The molecular formula is C64H67BN2OS. The number of thiophene rings is 1. The van der Waals surface area contributed by atoms with Gasteiger partial charge in [-0.3, -0.25) is 0 Å². The lowest BCUT2D eigenvalue weighted by molar-refractivity contribution is 0.494. The van der Waals surface area contributed by atoms with Crippen LogP contribution < -0.4 is 30.2 Å². The van der Waals surface area contributed by atoms with Crippen LogP contribution in [0.25, 0.3) is 21.2 Å². The van der Waals surface area contributed by atoms with Crippen LogP contribution in [-0.4, -0.2) is 6.71 Å². The molecule has 1 aromatic heterocycles. The fourth-order valence-corrected chi connectivity index (χ4v) is 12.6. The summed E-state index contributed by atoms with van der Waals surface area (Å²) in [5.74, 6) is 1.97. The summed E-state index contributed by atoms with van der Waals surface area (Å²) < 4.78 is 9.88. The molecule has 0 bridgehead atoms. The number of anilines is 6. The lowest BCUT2D eigenvalue weighted by atomic mass is 9.36. The molecule has 0 atom stereocenters. The molecule has 0 unspecified atom stereocenters. The zero-order valence-electron chi connectivity index (χ0n) is 43.5. The highest BCUT2D eigenvalue weighted by Crippen LogP contribution is 2.57. The van der Waals surface area contributed by atoms with Crippen molar-refractivity contribution in [3.63, 3.8) is 0 Å². The van der Waals surface area contributed by atoms with Gasteiger partial charge < -0.3 is 14.5 Å². The van der Waals surface area contributed by atoms with Gasteiger partial charge in [0.25, 0.3) is 6.71 Å². The molecule has 0 saturated carbocycles. The Kier molecular flexibility index (Phi) is 10.0. The Labute approximate surface area is 416 Å². The average molecular weight is 923 g/mol. The standard InChI is InChI=1S/C64H67BN2OS/c1-38-32-53-57-54(33-38)68-58-48-34-41(62(8,9)10)25-31-55(48)69-59(58)65(57)50-35-42(63(11,12)13)24-30-51(50)67(53)52-37-45(36-47-46-18-16-17-19-49(46)64(14,15)56(47)52)66(43-26-20-39(21-27-43)60(2,3)4)44-28-22-40(23-29-44)61(5,6)7/h16-37H,1-15H3. The van der Waals surface area contributed by atoms with E-state index in [0.717, 1.165) is 28.6 Å². The summed E-state index contributed by atoms with van der Waals surface area (Å²) >= 11 is 1.90. The normalized spacial score (nSPS) is 14.8. The molecule has 3 nitrogen and oxygen atoms in total. The van der Waals surface area contributed by atoms with Crippen molar-refractivity contribution in [1.29, 1.82) is 0 Å². The van der Waals surface area contributed by atoms with Crippen molar-refractivity contribution in [3.8, 4) is 22.6 Å². The molecule has 0 spiro atoms. The first-order valence-electron chi connectivity index (χ1n) is 25.0. The first kappa shape index (κ1) is 45.4. The molecule has 0 fully saturated rings. The Morgan fingerprint density at radius 1 is 0.536 bits per heavy atom. The van der Waals surface area contributed by atoms with E-state index in [0.29, 0.717) is 0 Å². The Morgan fingerprint density at radius 3 is 1.71 bits per heavy atom. The van der Waals surface area contributed by atoms with Gasteiger partial charge in [-0.2, -0.15) is 0 Å². The van der Waals surface area contributed by atoms with Crippen LogP contribution in [0.3, 0.4) is 0 Å². The first-order valence-corrected chi connectivity index (χ1v) is 25.8. The molecule has 11 rings (SSSR count). The van der Waals surface area contributed by atoms with E-state index < -0.39 is 0 Å². The monoisotopic (exact) mass is 923 g/mol. The summed E-state index contributed by atoms with van der Waals surface area (Å²) in [6.07, 6.45) is 0. The van der Waals surface area contributed by atoms with Gasteiger partial charge in [0.05, 0.1) is 5.69 Å². The van der Waals surface area contributed by atoms with Crippen molar-refractivity contribution in [2.45, 2.75) is 131 Å². The number of hydrogen-bond acceptors (Lipinski definition) is 4. The maximum atomic E-state index is 7.33. The van der Waals surface area contributed by atoms with Crippen molar-refractivity contribution in [2.75, 3.05) is 9.80 Å². The second kappa shape index (κ2) is 15.2. The zero-order valence-corrected chi connectivity index (χ0v) is 44.3. The molecule has 7 aromatic carbocycles. The second-order valence-electron chi connectivity index (χ2n) is 24.8. The third-order valence-electron chi connectivity index (χ3n) is 15.3. The fraction of sp³-hybridized carbons (Fsp3) is 0.312. The van der Waals surface area contributed by atoms with Crippen molar-refractivity contribution < 1.29 is 4.74 Å². The summed E-state index contributed by atoms with van der Waals surface area (Å²) in [5, 5.41) is 1.21. The number of nitrogens with zero attached hydrogens (tertiary/aromatic N) is 2. The van der Waals surface area contributed by atoms with E-state index in [4.69, 9.17) is 4.74 Å². The van der Waals surface area contributed by atoms with Crippen LogP contribution in [0.15, 0.2) is 133 Å². The van der Waals surface area contributed by atoms with E-state index in [9.17, 15) is 0 Å². The van der Waals surface area contributed by atoms with Gasteiger partial charge >= 0.3 is 0 Å². The number of ether oxygens (including phenoxy) is 1. The highest BCUT2D eigenvalue weighted by atomic mass is 32.1. The number of benzene rings is 7. The van der Waals surface area contributed by atoms with Crippen LogP contribution in [-0.2, 0) is 27.1 Å². The van der Waals surface area contributed by atoms with Crippen LogP contribution in [0.1, 0.15) is 136 Å². The maximum Gasteiger partial charge on any atom is 0.268 e. The Hall–Kier alpha value is -6.04. The number of fused-ring (bicyclic) bond motifs is 9. The van der Waals surface area contributed by atoms with Gasteiger partial charge in [-0.15, -0.1) is 11.3 Å². The first-order chi connectivity index (χ1) is 32.4. The highest BCUT2D eigenvalue weighted by molar-refractivity contribution is 7.33. The van der Waals surface area contributed by atoms with E-state index in [2.05, 4.69) is 247 Å². The molecule has 3 heterocycles. The average Bonchev–Trinajstić information content (AvgIpc) is 3.76. The molecule has 0 radical (unpaired) electrons. The predicted octanol–water partition coefficient (Wildman–Crippen LogP) is 16.6. The summed E-state index contributed by atoms with van der Waals surface area (Å²) in [6.45, 7) is 34.8. The third kappa shape index (κ3) is 7.28. The van der Waals surface area contributed by atoms with Crippen molar-refractivity contribution >= 4 is 78.0 Å². The summed E-state index contributed by atoms with van der Waals surface area (Å²) in [5.41, 5.74) is 21.0. The van der Waals surface area contributed by atoms with Crippen LogP contribution in [0.2, 0.25) is 0 Å². The van der Waals surface area contributed by atoms with Crippen LogP contribution >= 0.6 is 11.3 Å². The number of aryl methyl sites for hydroxylation is 1. The van der Waals surface area contributed by atoms with Gasteiger partial charge in [0, 0.05) is 48.7 Å². The van der Waals surface area contributed by atoms with Crippen molar-refractivity contribution in [2.24, 2.45) is 0 Å². The Balaban J connectivity index is 1.22. The third-order valence-corrected chi connectivity index (χ3v) is 16.6. The molecule has 1 aliphatic carbocycles. The molecule has 348 valence electrons. The van der Waals surface area contributed by atoms with Gasteiger partial charge in [-0.25, -0.2) is 0 Å². The smallest absolute Gasteiger partial charge is 0.268 e. The summed E-state index contributed by atoms with van der Waals surface area (Å²) in [4.78, 5) is 5.11. The lowest BCUT2D eigenvalue weighted by Gasteiger charge is -2.42. The number of hydrogen-bond donors (Lipinski definition) is 0. The Morgan fingerprint density at radius 2 is 1.10 bits per heavy atom. The number of rotatable bonds is 4. The molecular weight excluding hydrogens is 856 g/mol. The molecule has 2 aliphatic heterocycles. The molecule has 69 heavy (non-hydrogen) atoms. The minimum Gasteiger partial charge on any atom is -0.457 e. The minimum absolute atomic E-state index is 0.00369. The maximum absolute atomic E-state index is 7.33. The molecule has 0 amide bonds. The molecule has 0 saturated heterocycles. The van der Waals surface area contributed by atoms with Crippen molar-refractivity contribution in [3.05, 3.63) is 172 Å². The molecule has 5 heteroatoms. The van der Waals surface area contributed by atoms with Gasteiger partial charge in [0.15, 0.2) is 0 Å². The van der Waals surface area contributed by atoms with E-state index in [-0.39, 0.29) is 33.8 Å². The molecule has 8 aromatic rings. The van der Waals surface area contributed by atoms with Crippen LogP contribution in [0.5, 0.6) is 11.5 Å². The topological polar surface area (TPSA) is 15.7 Å². The predicted molar refractivity (Wildman–Crippen MR) is 299 cm³/mol. The van der Waals surface area contributed by atoms with Gasteiger partial charge in [-0.05, 0) is 156 Å². The summed E-state index contributed by atoms with van der Waals surface area (Å²) in [6, 6.07) is 51.7. The van der Waals surface area contributed by atoms with Gasteiger partial charge in [0.1, 0.15) is 11.5 Å². The minimum atomic E-state index is -0.292. The van der Waals surface area contributed by atoms with E-state index in [1.807, 2.05) is 11.3 Å². The Bertz CT molecular complexity index is 3320. The zero-order chi connectivity index (χ0) is 48.9. The van der Waals surface area contributed by atoms with E-state index >= 15 is 0 Å².